The molecule has 0 spiro atoms. The van der Waals surface area contributed by atoms with Crippen LogP contribution in [0.15, 0.2) is 29.4 Å². The van der Waals surface area contributed by atoms with Gasteiger partial charge in [-0.3, -0.25) is 4.79 Å². The first-order chi connectivity index (χ1) is 10.1. The van der Waals surface area contributed by atoms with Gasteiger partial charge in [0.1, 0.15) is 11.6 Å². The number of methoxy groups -OCH3 is 1. The number of ether oxygens (including phenoxy) is 1. The van der Waals surface area contributed by atoms with E-state index in [2.05, 4.69) is 10.1 Å². The summed E-state index contributed by atoms with van der Waals surface area (Å²) in [4.78, 5) is 15.9. The standard InChI is InChI=1S/C14H20N4O3/c1-21-12-4-2-3-11(9-12)17-5-7-18(8-6-17)14(19)10-13(15)16-20/h2-4,9,20H,5-8,10H2,1H3,(H2,15,16). The molecule has 1 fully saturated rings. The number of nitrogens with zero attached hydrogens (tertiary/aromatic N) is 3. The van der Waals surface area contributed by atoms with Crippen molar-refractivity contribution >= 4 is 17.4 Å². The van der Waals surface area contributed by atoms with Gasteiger partial charge in [0.25, 0.3) is 0 Å². The number of piperazine rings is 1. The van der Waals surface area contributed by atoms with Crippen molar-refractivity contribution in [3.05, 3.63) is 24.3 Å². The van der Waals surface area contributed by atoms with E-state index in [1.165, 1.54) is 0 Å². The number of rotatable bonds is 4. The van der Waals surface area contributed by atoms with Gasteiger partial charge in [0, 0.05) is 37.9 Å². The Morgan fingerprint density at radius 1 is 1.38 bits per heavy atom. The molecule has 1 aliphatic rings. The van der Waals surface area contributed by atoms with Crippen molar-refractivity contribution in [1.82, 2.24) is 4.90 Å². The third kappa shape index (κ3) is 3.77. The summed E-state index contributed by atoms with van der Waals surface area (Å²) >= 11 is 0. The van der Waals surface area contributed by atoms with Crippen molar-refractivity contribution in [2.75, 3.05) is 38.2 Å². The lowest BCUT2D eigenvalue weighted by Crippen LogP contribution is -2.49. The molecular weight excluding hydrogens is 272 g/mol. The fourth-order valence-electron chi connectivity index (χ4n) is 2.32. The molecule has 1 heterocycles. The number of carbonyl (C=O) groups is 1. The summed E-state index contributed by atoms with van der Waals surface area (Å²) in [6.45, 7) is 2.73. The Morgan fingerprint density at radius 2 is 2.10 bits per heavy atom. The number of nitrogens with two attached hydrogens (primary N) is 1. The van der Waals surface area contributed by atoms with Gasteiger partial charge in [-0.05, 0) is 12.1 Å². The van der Waals surface area contributed by atoms with Gasteiger partial charge in [-0.25, -0.2) is 0 Å². The van der Waals surface area contributed by atoms with Crippen LogP contribution in [-0.4, -0.2) is 55.1 Å². The molecule has 2 rings (SSSR count). The van der Waals surface area contributed by atoms with Crippen LogP contribution < -0.4 is 15.4 Å². The van der Waals surface area contributed by atoms with Crippen molar-refractivity contribution in [3.63, 3.8) is 0 Å². The second-order valence-electron chi connectivity index (χ2n) is 4.84. The number of carbonyl (C=O) groups excluding carboxylic acids is 1. The highest BCUT2D eigenvalue weighted by atomic mass is 16.5. The van der Waals surface area contributed by atoms with E-state index in [0.717, 1.165) is 24.5 Å². The third-order valence-corrected chi connectivity index (χ3v) is 3.51. The molecule has 7 heteroatoms. The van der Waals surface area contributed by atoms with Crippen molar-refractivity contribution in [2.45, 2.75) is 6.42 Å². The predicted molar refractivity (Wildman–Crippen MR) is 79.8 cm³/mol. The molecule has 1 aliphatic heterocycles. The summed E-state index contributed by atoms with van der Waals surface area (Å²) in [6.07, 6.45) is -0.0460. The van der Waals surface area contributed by atoms with Crippen LogP contribution in [-0.2, 0) is 4.79 Å². The van der Waals surface area contributed by atoms with Crippen LogP contribution >= 0.6 is 0 Å². The maximum absolute atomic E-state index is 11.9. The first-order valence-corrected chi connectivity index (χ1v) is 6.77. The van der Waals surface area contributed by atoms with Gasteiger partial charge in [-0.1, -0.05) is 11.2 Å². The molecule has 1 aromatic rings. The van der Waals surface area contributed by atoms with Gasteiger partial charge in [-0.15, -0.1) is 0 Å². The number of anilines is 1. The fraction of sp³-hybridized carbons (Fsp3) is 0.429. The van der Waals surface area contributed by atoms with E-state index in [0.29, 0.717) is 13.1 Å². The molecule has 1 aromatic carbocycles. The highest BCUT2D eigenvalue weighted by Crippen LogP contribution is 2.22. The van der Waals surface area contributed by atoms with Crippen molar-refractivity contribution < 1.29 is 14.7 Å². The maximum Gasteiger partial charge on any atom is 0.230 e. The van der Waals surface area contributed by atoms with Crippen molar-refractivity contribution in [3.8, 4) is 5.75 Å². The van der Waals surface area contributed by atoms with Crippen LogP contribution in [0.2, 0.25) is 0 Å². The number of benzene rings is 1. The van der Waals surface area contributed by atoms with E-state index in [1.807, 2.05) is 24.3 Å². The zero-order chi connectivity index (χ0) is 15.2. The Hall–Kier alpha value is -2.44. The first-order valence-electron chi connectivity index (χ1n) is 6.77. The van der Waals surface area contributed by atoms with E-state index in [9.17, 15) is 4.79 Å². The number of hydrogen-bond donors (Lipinski definition) is 2. The molecular formula is C14H20N4O3. The Kier molecular flexibility index (Phi) is 4.86. The second-order valence-corrected chi connectivity index (χ2v) is 4.84. The molecule has 0 radical (unpaired) electrons. The normalized spacial score (nSPS) is 16.0. The molecule has 0 bridgehead atoms. The lowest BCUT2D eigenvalue weighted by atomic mass is 10.2. The second kappa shape index (κ2) is 6.83. The van der Waals surface area contributed by atoms with Crippen molar-refractivity contribution in [1.29, 1.82) is 0 Å². The van der Waals surface area contributed by atoms with Gasteiger partial charge in [0.15, 0.2) is 0 Å². The van der Waals surface area contributed by atoms with E-state index in [1.54, 1.807) is 12.0 Å². The van der Waals surface area contributed by atoms with E-state index < -0.39 is 0 Å². The molecule has 0 atom stereocenters. The van der Waals surface area contributed by atoms with E-state index in [4.69, 9.17) is 15.7 Å². The number of hydrogen-bond acceptors (Lipinski definition) is 5. The van der Waals surface area contributed by atoms with Crippen molar-refractivity contribution in [2.24, 2.45) is 10.9 Å². The molecule has 1 saturated heterocycles. The maximum atomic E-state index is 11.9. The molecule has 114 valence electrons. The minimum absolute atomic E-state index is 0.0460. The van der Waals surface area contributed by atoms with Gasteiger partial charge < -0.3 is 25.5 Å². The lowest BCUT2D eigenvalue weighted by Gasteiger charge is -2.36. The van der Waals surface area contributed by atoms with Crippen LogP contribution in [0.5, 0.6) is 5.75 Å². The third-order valence-electron chi connectivity index (χ3n) is 3.51. The molecule has 7 nitrogen and oxygen atoms in total. The highest BCUT2D eigenvalue weighted by Gasteiger charge is 2.22. The Balaban J connectivity index is 1.92. The fourth-order valence-corrected chi connectivity index (χ4v) is 2.32. The predicted octanol–water partition coefficient (Wildman–Crippen LogP) is 0.480. The Labute approximate surface area is 123 Å². The summed E-state index contributed by atoms with van der Waals surface area (Å²) < 4.78 is 5.22. The molecule has 0 aromatic heterocycles. The Bertz CT molecular complexity index is 525. The van der Waals surface area contributed by atoms with Gasteiger partial charge in [0.05, 0.1) is 13.5 Å². The Morgan fingerprint density at radius 3 is 2.71 bits per heavy atom. The molecule has 1 amide bonds. The molecule has 0 saturated carbocycles. The smallest absolute Gasteiger partial charge is 0.230 e. The summed E-state index contributed by atoms with van der Waals surface area (Å²) in [5.41, 5.74) is 6.44. The topological polar surface area (TPSA) is 91.4 Å². The molecule has 21 heavy (non-hydrogen) atoms. The molecule has 0 unspecified atom stereocenters. The zero-order valence-electron chi connectivity index (χ0n) is 12.0. The number of oxime groups is 1. The summed E-state index contributed by atoms with van der Waals surface area (Å²) in [6, 6.07) is 7.86. The number of amides is 1. The molecule has 0 aliphatic carbocycles. The average Bonchev–Trinajstić information content (AvgIpc) is 2.54. The zero-order valence-corrected chi connectivity index (χ0v) is 12.0. The SMILES string of the molecule is COc1cccc(N2CCN(C(=O)C/C(N)=N/O)CC2)c1. The van der Waals surface area contributed by atoms with Crippen LogP contribution in [0.3, 0.4) is 0 Å². The number of amidine groups is 1. The van der Waals surface area contributed by atoms with Gasteiger partial charge in [-0.2, -0.15) is 0 Å². The van der Waals surface area contributed by atoms with E-state index in [-0.39, 0.29) is 18.2 Å². The highest BCUT2D eigenvalue weighted by molar-refractivity contribution is 5.98. The largest absolute Gasteiger partial charge is 0.497 e. The molecule has 3 N–H and O–H groups in total. The van der Waals surface area contributed by atoms with Gasteiger partial charge >= 0.3 is 0 Å². The summed E-state index contributed by atoms with van der Waals surface area (Å²) in [7, 11) is 1.64. The minimum Gasteiger partial charge on any atom is -0.497 e. The monoisotopic (exact) mass is 292 g/mol. The first kappa shape index (κ1) is 15.0. The minimum atomic E-state index is -0.115. The lowest BCUT2D eigenvalue weighted by molar-refractivity contribution is -0.130. The summed E-state index contributed by atoms with van der Waals surface area (Å²) in [5, 5.41) is 11.3. The van der Waals surface area contributed by atoms with Gasteiger partial charge in [0.2, 0.25) is 5.91 Å². The van der Waals surface area contributed by atoms with Crippen LogP contribution in [0.1, 0.15) is 6.42 Å². The average molecular weight is 292 g/mol. The van der Waals surface area contributed by atoms with Crippen LogP contribution in [0.4, 0.5) is 5.69 Å². The van der Waals surface area contributed by atoms with Crippen LogP contribution in [0, 0.1) is 0 Å². The van der Waals surface area contributed by atoms with E-state index >= 15 is 0 Å². The quantitative estimate of drug-likeness (QED) is 0.364. The van der Waals surface area contributed by atoms with Crippen LogP contribution in [0.25, 0.3) is 0 Å². The summed E-state index contributed by atoms with van der Waals surface area (Å²) in [5.74, 6) is 0.642.